The number of amides is 1. The number of carbonyl (C=O) groups is 2. The Kier molecular flexibility index (Phi) is 3.69. The molecule has 6 nitrogen and oxygen atoms in total. The number of rotatable bonds is 2. The Morgan fingerprint density at radius 3 is 2.75 bits per heavy atom. The number of hydrogen-bond acceptors (Lipinski definition) is 4. The molecule has 3 saturated heterocycles. The van der Waals surface area contributed by atoms with E-state index >= 15 is 0 Å². The van der Waals surface area contributed by atoms with Gasteiger partial charge >= 0.3 is 5.97 Å². The highest BCUT2D eigenvalue weighted by molar-refractivity contribution is 5.89. The number of ether oxygens (including phenoxy) is 1. The van der Waals surface area contributed by atoms with Gasteiger partial charge in [0.2, 0.25) is 5.91 Å². The van der Waals surface area contributed by atoms with Crippen LogP contribution in [0.4, 0.5) is 0 Å². The summed E-state index contributed by atoms with van der Waals surface area (Å²) in [6.07, 6.45) is 2.30. The predicted molar refractivity (Wildman–Crippen MR) is 71.2 cm³/mol. The Bertz CT molecular complexity index is 408. The first-order valence-corrected chi connectivity index (χ1v) is 7.45. The van der Waals surface area contributed by atoms with Crippen LogP contribution in [0.25, 0.3) is 0 Å². The number of carboxylic acids is 1. The topological polar surface area (TPSA) is 78.9 Å². The van der Waals surface area contributed by atoms with Crippen molar-refractivity contribution in [2.24, 2.45) is 11.8 Å². The highest BCUT2D eigenvalue weighted by Gasteiger charge is 2.50. The van der Waals surface area contributed by atoms with Crippen molar-refractivity contribution in [2.75, 3.05) is 19.8 Å². The molecule has 3 heterocycles. The van der Waals surface area contributed by atoms with Crippen LogP contribution in [0.3, 0.4) is 0 Å². The van der Waals surface area contributed by atoms with Crippen LogP contribution in [-0.4, -0.2) is 59.8 Å². The van der Waals surface area contributed by atoms with Crippen molar-refractivity contribution < 1.29 is 19.4 Å². The Hall–Kier alpha value is -1.14. The zero-order valence-electron chi connectivity index (χ0n) is 11.7. The molecule has 0 aromatic carbocycles. The summed E-state index contributed by atoms with van der Waals surface area (Å²) < 4.78 is 5.34. The van der Waals surface area contributed by atoms with Gasteiger partial charge in [-0.05, 0) is 31.1 Å². The van der Waals surface area contributed by atoms with Gasteiger partial charge in [-0.15, -0.1) is 0 Å². The van der Waals surface area contributed by atoms with Gasteiger partial charge < -0.3 is 20.1 Å². The number of fused-ring (bicyclic) bond motifs is 1. The summed E-state index contributed by atoms with van der Waals surface area (Å²) in [6.45, 7) is 4.12. The SMILES string of the molecule is C[C@@H]1C[C@@H](C(=O)O)N2C(=O)[C@@H](C3CCOCC3)NC[C@H]12. The molecular formula is C14H22N2O4. The van der Waals surface area contributed by atoms with Gasteiger partial charge in [-0.25, -0.2) is 4.79 Å². The van der Waals surface area contributed by atoms with Crippen molar-refractivity contribution in [3.05, 3.63) is 0 Å². The molecule has 0 spiro atoms. The fourth-order valence-electron chi connectivity index (χ4n) is 3.88. The van der Waals surface area contributed by atoms with E-state index in [4.69, 9.17) is 4.74 Å². The van der Waals surface area contributed by atoms with Gasteiger partial charge in [0.05, 0.1) is 6.04 Å². The predicted octanol–water partition coefficient (Wildman–Crippen LogP) is 0.0750. The van der Waals surface area contributed by atoms with Gasteiger partial charge in [-0.1, -0.05) is 6.92 Å². The minimum Gasteiger partial charge on any atom is -0.480 e. The van der Waals surface area contributed by atoms with Crippen LogP contribution in [0.5, 0.6) is 0 Å². The largest absolute Gasteiger partial charge is 0.480 e. The van der Waals surface area contributed by atoms with Crippen LogP contribution in [0.2, 0.25) is 0 Å². The molecule has 2 N–H and O–H groups in total. The van der Waals surface area contributed by atoms with E-state index < -0.39 is 12.0 Å². The molecule has 0 saturated carbocycles. The summed E-state index contributed by atoms with van der Waals surface area (Å²) >= 11 is 0. The molecule has 0 bridgehead atoms. The Morgan fingerprint density at radius 2 is 2.10 bits per heavy atom. The minimum absolute atomic E-state index is 0.0232. The third-order valence-electron chi connectivity index (χ3n) is 5.03. The fraction of sp³-hybridized carbons (Fsp3) is 0.857. The van der Waals surface area contributed by atoms with E-state index in [0.29, 0.717) is 26.2 Å². The van der Waals surface area contributed by atoms with E-state index in [1.165, 1.54) is 0 Å². The van der Waals surface area contributed by atoms with E-state index in [-0.39, 0.29) is 29.8 Å². The molecule has 0 aliphatic carbocycles. The standard InChI is InChI=1S/C14H22N2O4/c1-8-6-10(14(18)19)16-11(8)7-15-12(13(16)17)9-2-4-20-5-3-9/h8-12,15H,2-7H2,1H3,(H,18,19)/t8-,10+,11-,12-/m1/s1. The first kappa shape index (κ1) is 13.8. The maximum atomic E-state index is 12.7. The molecule has 3 aliphatic heterocycles. The lowest BCUT2D eigenvalue weighted by Crippen LogP contribution is -2.64. The number of nitrogens with zero attached hydrogens (tertiary/aromatic N) is 1. The van der Waals surface area contributed by atoms with Gasteiger partial charge in [0.25, 0.3) is 0 Å². The van der Waals surface area contributed by atoms with Crippen molar-refractivity contribution in [1.82, 2.24) is 10.2 Å². The molecule has 3 fully saturated rings. The maximum Gasteiger partial charge on any atom is 0.326 e. The van der Waals surface area contributed by atoms with Gasteiger partial charge in [-0.3, -0.25) is 4.79 Å². The zero-order valence-corrected chi connectivity index (χ0v) is 11.7. The van der Waals surface area contributed by atoms with Crippen LogP contribution in [0.1, 0.15) is 26.2 Å². The van der Waals surface area contributed by atoms with Gasteiger partial charge in [0.15, 0.2) is 0 Å². The molecule has 0 radical (unpaired) electrons. The quantitative estimate of drug-likeness (QED) is 0.749. The lowest BCUT2D eigenvalue weighted by atomic mass is 9.88. The van der Waals surface area contributed by atoms with Crippen molar-refractivity contribution in [1.29, 1.82) is 0 Å². The van der Waals surface area contributed by atoms with E-state index in [2.05, 4.69) is 5.32 Å². The lowest BCUT2D eigenvalue weighted by Gasteiger charge is -2.42. The molecule has 3 rings (SSSR count). The normalized spacial score (nSPS) is 38.9. The Labute approximate surface area is 118 Å². The van der Waals surface area contributed by atoms with E-state index in [9.17, 15) is 14.7 Å². The van der Waals surface area contributed by atoms with Gasteiger partial charge in [0, 0.05) is 25.8 Å². The molecule has 0 aromatic rings. The summed E-state index contributed by atoms with van der Waals surface area (Å²) in [5.74, 6) is -0.393. The molecule has 0 aromatic heterocycles. The molecule has 4 atom stereocenters. The highest BCUT2D eigenvalue weighted by Crippen LogP contribution is 2.34. The number of piperazine rings is 1. The first-order chi connectivity index (χ1) is 9.59. The second-order valence-electron chi connectivity index (χ2n) is 6.22. The number of hydrogen-bond donors (Lipinski definition) is 2. The molecule has 3 aliphatic rings. The average molecular weight is 282 g/mol. The Balaban J connectivity index is 1.78. The van der Waals surface area contributed by atoms with Crippen LogP contribution in [0.15, 0.2) is 0 Å². The third kappa shape index (κ3) is 2.20. The van der Waals surface area contributed by atoms with Crippen molar-refractivity contribution in [2.45, 2.75) is 44.3 Å². The number of carboxylic acid groups (broad SMARTS) is 1. The summed E-state index contributed by atoms with van der Waals surface area (Å²) in [5, 5.41) is 12.7. The molecule has 1 amide bonds. The monoisotopic (exact) mass is 282 g/mol. The van der Waals surface area contributed by atoms with Crippen LogP contribution in [0, 0.1) is 11.8 Å². The second kappa shape index (κ2) is 5.33. The molecule has 0 unspecified atom stereocenters. The van der Waals surface area contributed by atoms with Gasteiger partial charge in [0.1, 0.15) is 6.04 Å². The van der Waals surface area contributed by atoms with Crippen molar-refractivity contribution in [3.8, 4) is 0 Å². The molecule has 6 heteroatoms. The van der Waals surface area contributed by atoms with Crippen LogP contribution >= 0.6 is 0 Å². The summed E-state index contributed by atoms with van der Waals surface area (Å²) in [6, 6.07) is -0.853. The molecule has 20 heavy (non-hydrogen) atoms. The summed E-state index contributed by atoms with van der Waals surface area (Å²) in [7, 11) is 0. The van der Waals surface area contributed by atoms with E-state index in [1.54, 1.807) is 4.90 Å². The fourth-order valence-corrected chi connectivity index (χ4v) is 3.88. The summed E-state index contributed by atoms with van der Waals surface area (Å²) in [4.78, 5) is 25.8. The maximum absolute atomic E-state index is 12.7. The zero-order chi connectivity index (χ0) is 14.3. The molecule has 112 valence electrons. The van der Waals surface area contributed by atoms with Crippen molar-refractivity contribution in [3.63, 3.8) is 0 Å². The number of carbonyl (C=O) groups excluding carboxylic acids is 1. The number of nitrogens with one attached hydrogen (secondary N) is 1. The smallest absolute Gasteiger partial charge is 0.326 e. The summed E-state index contributed by atoms with van der Waals surface area (Å²) in [5.41, 5.74) is 0. The van der Waals surface area contributed by atoms with Crippen LogP contribution < -0.4 is 5.32 Å². The van der Waals surface area contributed by atoms with E-state index in [0.717, 1.165) is 12.8 Å². The lowest BCUT2D eigenvalue weighted by molar-refractivity contribution is -0.153. The average Bonchev–Trinajstić information content (AvgIpc) is 2.79. The molecular weight excluding hydrogens is 260 g/mol. The third-order valence-corrected chi connectivity index (χ3v) is 5.03. The minimum atomic E-state index is -0.875. The van der Waals surface area contributed by atoms with Gasteiger partial charge in [-0.2, -0.15) is 0 Å². The Morgan fingerprint density at radius 1 is 1.40 bits per heavy atom. The highest BCUT2D eigenvalue weighted by atomic mass is 16.5. The van der Waals surface area contributed by atoms with E-state index in [1.807, 2.05) is 6.92 Å². The second-order valence-corrected chi connectivity index (χ2v) is 6.22. The van der Waals surface area contributed by atoms with Crippen LogP contribution in [-0.2, 0) is 14.3 Å². The number of aliphatic carboxylic acids is 1. The first-order valence-electron chi connectivity index (χ1n) is 7.45. The van der Waals surface area contributed by atoms with Crippen molar-refractivity contribution >= 4 is 11.9 Å².